The first kappa shape index (κ1) is 8.93. The second-order valence-corrected chi connectivity index (χ2v) is 2.51. The summed E-state index contributed by atoms with van der Waals surface area (Å²) in [5.74, 6) is 0.544. The Morgan fingerprint density at radius 2 is 2.17 bits per heavy atom. The van der Waals surface area contributed by atoms with Crippen molar-refractivity contribution in [3.8, 4) is 5.88 Å². The molecule has 0 saturated carbocycles. The summed E-state index contributed by atoms with van der Waals surface area (Å²) >= 11 is 0. The summed E-state index contributed by atoms with van der Waals surface area (Å²) in [7, 11) is 3.46. The van der Waals surface area contributed by atoms with Crippen LogP contribution in [0.25, 0.3) is 0 Å². The standard InChI is InChI=1S/C8H13N3O/c1-6(9-2)7-4-5-8(12-3)11-10-7/h4-6,9H,1-3H3. The van der Waals surface area contributed by atoms with E-state index in [0.717, 1.165) is 5.69 Å². The van der Waals surface area contributed by atoms with Crippen molar-refractivity contribution in [2.75, 3.05) is 14.2 Å². The minimum absolute atomic E-state index is 0.225. The zero-order valence-corrected chi connectivity index (χ0v) is 7.53. The fourth-order valence-corrected chi connectivity index (χ4v) is 0.818. The normalized spacial score (nSPS) is 12.6. The van der Waals surface area contributed by atoms with E-state index in [2.05, 4.69) is 15.5 Å². The van der Waals surface area contributed by atoms with E-state index in [0.29, 0.717) is 5.88 Å². The van der Waals surface area contributed by atoms with E-state index in [1.807, 2.05) is 20.0 Å². The van der Waals surface area contributed by atoms with E-state index in [-0.39, 0.29) is 6.04 Å². The molecular weight excluding hydrogens is 154 g/mol. The average molecular weight is 167 g/mol. The summed E-state index contributed by atoms with van der Waals surface area (Å²) in [6, 6.07) is 3.92. The van der Waals surface area contributed by atoms with Gasteiger partial charge in [0.15, 0.2) is 0 Å². The van der Waals surface area contributed by atoms with Gasteiger partial charge in [-0.2, -0.15) is 5.10 Å². The topological polar surface area (TPSA) is 47.0 Å². The molecule has 0 aliphatic carbocycles. The highest BCUT2D eigenvalue weighted by molar-refractivity contribution is 5.13. The lowest BCUT2D eigenvalue weighted by Gasteiger charge is -2.07. The van der Waals surface area contributed by atoms with Crippen molar-refractivity contribution in [1.29, 1.82) is 0 Å². The van der Waals surface area contributed by atoms with Gasteiger partial charge in [0.05, 0.1) is 12.8 Å². The fourth-order valence-electron chi connectivity index (χ4n) is 0.818. The number of hydrogen-bond donors (Lipinski definition) is 1. The van der Waals surface area contributed by atoms with Gasteiger partial charge < -0.3 is 10.1 Å². The molecule has 0 aromatic carbocycles. The number of nitrogens with zero attached hydrogens (tertiary/aromatic N) is 2. The van der Waals surface area contributed by atoms with E-state index in [9.17, 15) is 0 Å². The highest BCUT2D eigenvalue weighted by Crippen LogP contribution is 2.09. The third-order valence-electron chi connectivity index (χ3n) is 1.75. The van der Waals surface area contributed by atoms with Crippen LogP contribution in [0.4, 0.5) is 0 Å². The molecule has 4 heteroatoms. The second-order valence-electron chi connectivity index (χ2n) is 2.51. The summed E-state index contributed by atoms with van der Waals surface area (Å²) in [5, 5.41) is 10.9. The van der Waals surface area contributed by atoms with Crippen LogP contribution in [-0.2, 0) is 0 Å². The maximum Gasteiger partial charge on any atom is 0.233 e. The van der Waals surface area contributed by atoms with E-state index in [4.69, 9.17) is 4.74 Å². The Bertz CT molecular complexity index is 235. The van der Waals surface area contributed by atoms with Crippen molar-refractivity contribution in [2.45, 2.75) is 13.0 Å². The minimum atomic E-state index is 0.225. The van der Waals surface area contributed by atoms with Crippen LogP contribution in [0.5, 0.6) is 5.88 Å². The number of ether oxygens (including phenoxy) is 1. The number of aromatic nitrogens is 2. The third-order valence-corrected chi connectivity index (χ3v) is 1.75. The van der Waals surface area contributed by atoms with E-state index < -0.39 is 0 Å². The van der Waals surface area contributed by atoms with Gasteiger partial charge >= 0.3 is 0 Å². The van der Waals surface area contributed by atoms with Crippen LogP contribution in [0, 0.1) is 0 Å². The van der Waals surface area contributed by atoms with Gasteiger partial charge in [0.25, 0.3) is 0 Å². The highest BCUT2D eigenvalue weighted by atomic mass is 16.5. The maximum atomic E-state index is 4.89. The predicted molar refractivity (Wildman–Crippen MR) is 46.1 cm³/mol. The lowest BCUT2D eigenvalue weighted by atomic mass is 10.2. The highest BCUT2D eigenvalue weighted by Gasteiger charge is 2.03. The van der Waals surface area contributed by atoms with E-state index >= 15 is 0 Å². The smallest absolute Gasteiger partial charge is 0.233 e. The molecule has 66 valence electrons. The molecule has 1 rings (SSSR count). The second kappa shape index (κ2) is 4.01. The van der Waals surface area contributed by atoms with Crippen LogP contribution < -0.4 is 10.1 Å². The molecule has 1 atom stereocenters. The van der Waals surface area contributed by atoms with Crippen LogP contribution in [0.3, 0.4) is 0 Å². The summed E-state index contributed by atoms with van der Waals surface area (Å²) in [5.41, 5.74) is 0.915. The van der Waals surface area contributed by atoms with Crippen LogP contribution in [-0.4, -0.2) is 24.4 Å². The molecule has 0 amide bonds. The number of rotatable bonds is 3. The Morgan fingerprint density at radius 3 is 2.58 bits per heavy atom. The number of methoxy groups -OCH3 is 1. The van der Waals surface area contributed by atoms with Gasteiger partial charge in [-0.25, -0.2) is 0 Å². The minimum Gasteiger partial charge on any atom is -0.480 e. The zero-order chi connectivity index (χ0) is 8.97. The van der Waals surface area contributed by atoms with Gasteiger partial charge in [0.1, 0.15) is 0 Å². The van der Waals surface area contributed by atoms with E-state index in [1.54, 1.807) is 13.2 Å². The van der Waals surface area contributed by atoms with Crippen molar-refractivity contribution < 1.29 is 4.74 Å². The monoisotopic (exact) mass is 167 g/mol. The van der Waals surface area contributed by atoms with Gasteiger partial charge in [-0.3, -0.25) is 0 Å². The van der Waals surface area contributed by atoms with Gasteiger partial charge in [0.2, 0.25) is 5.88 Å². The Labute approximate surface area is 72.0 Å². The fraction of sp³-hybridized carbons (Fsp3) is 0.500. The first-order chi connectivity index (χ1) is 5.77. The zero-order valence-electron chi connectivity index (χ0n) is 7.53. The third kappa shape index (κ3) is 1.92. The maximum absolute atomic E-state index is 4.89. The molecule has 12 heavy (non-hydrogen) atoms. The van der Waals surface area contributed by atoms with Gasteiger partial charge in [0, 0.05) is 12.1 Å². The average Bonchev–Trinajstić information content (AvgIpc) is 2.17. The quantitative estimate of drug-likeness (QED) is 0.722. The summed E-state index contributed by atoms with van der Waals surface area (Å²) < 4.78 is 4.89. The Hall–Kier alpha value is -1.16. The molecule has 4 nitrogen and oxygen atoms in total. The van der Waals surface area contributed by atoms with Crippen LogP contribution in [0.15, 0.2) is 12.1 Å². The molecule has 1 N–H and O–H groups in total. The van der Waals surface area contributed by atoms with Gasteiger partial charge in [-0.05, 0) is 20.0 Å². The van der Waals surface area contributed by atoms with Crippen LogP contribution >= 0.6 is 0 Å². The predicted octanol–water partition coefficient (Wildman–Crippen LogP) is 0.766. The summed E-state index contributed by atoms with van der Waals surface area (Å²) in [6.07, 6.45) is 0. The molecule has 0 saturated heterocycles. The van der Waals surface area contributed by atoms with Crippen LogP contribution in [0.2, 0.25) is 0 Å². The molecule has 0 aliphatic heterocycles. The molecule has 0 spiro atoms. The molecule has 1 aromatic rings. The molecule has 0 bridgehead atoms. The van der Waals surface area contributed by atoms with Crippen molar-refractivity contribution in [1.82, 2.24) is 15.5 Å². The van der Waals surface area contributed by atoms with Crippen molar-refractivity contribution >= 4 is 0 Å². The molecule has 1 aromatic heterocycles. The first-order valence-corrected chi connectivity index (χ1v) is 3.82. The number of nitrogens with one attached hydrogen (secondary N) is 1. The lowest BCUT2D eigenvalue weighted by molar-refractivity contribution is 0.390. The van der Waals surface area contributed by atoms with Crippen molar-refractivity contribution in [3.05, 3.63) is 17.8 Å². The molecule has 0 aliphatic rings. The first-order valence-electron chi connectivity index (χ1n) is 3.82. The largest absolute Gasteiger partial charge is 0.480 e. The van der Waals surface area contributed by atoms with Crippen LogP contribution in [0.1, 0.15) is 18.7 Å². The lowest BCUT2D eigenvalue weighted by Crippen LogP contribution is -2.14. The number of hydrogen-bond acceptors (Lipinski definition) is 4. The molecule has 1 unspecified atom stereocenters. The molecular formula is C8H13N3O. The summed E-state index contributed by atoms with van der Waals surface area (Å²) in [4.78, 5) is 0. The van der Waals surface area contributed by atoms with Gasteiger partial charge in [-0.1, -0.05) is 0 Å². The SMILES string of the molecule is CNC(C)c1ccc(OC)nn1. The Kier molecular flexibility index (Phi) is 2.99. The Morgan fingerprint density at radius 1 is 1.42 bits per heavy atom. The van der Waals surface area contributed by atoms with E-state index in [1.165, 1.54) is 0 Å². The molecule has 0 fully saturated rings. The van der Waals surface area contributed by atoms with Crippen molar-refractivity contribution in [2.24, 2.45) is 0 Å². The summed E-state index contributed by atoms with van der Waals surface area (Å²) in [6.45, 7) is 2.02. The van der Waals surface area contributed by atoms with Crippen molar-refractivity contribution in [3.63, 3.8) is 0 Å². The van der Waals surface area contributed by atoms with Gasteiger partial charge in [-0.15, -0.1) is 5.10 Å². The molecule has 0 radical (unpaired) electrons. The Balaban J connectivity index is 2.77. The molecule has 1 heterocycles.